The lowest BCUT2D eigenvalue weighted by molar-refractivity contribution is 0.411. The highest BCUT2D eigenvalue weighted by Crippen LogP contribution is 2.28. The summed E-state index contributed by atoms with van der Waals surface area (Å²) >= 11 is 5.42. The number of nitrogens with one attached hydrogen (secondary N) is 1. The molecule has 0 aromatic heterocycles. The topological polar surface area (TPSA) is 21.3 Å². The van der Waals surface area contributed by atoms with E-state index in [9.17, 15) is 0 Å². The van der Waals surface area contributed by atoms with E-state index in [2.05, 4.69) is 53.5 Å². The third kappa shape index (κ3) is 4.82. The number of halogens is 1. The molecule has 0 aliphatic heterocycles. The van der Waals surface area contributed by atoms with Crippen LogP contribution >= 0.6 is 27.7 Å². The summed E-state index contributed by atoms with van der Waals surface area (Å²) in [5.41, 5.74) is 1.28. The van der Waals surface area contributed by atoms with Crippen LogP contribution in [0, 0.1) is 5.92 Å². The van der Waals surface area contributed by atoms with E-state index in [4.69, 9.17) is 4.74 Å². The van der Waals surface area contributed by atoms with Crippen LogP contribution < -0.4 is 10.1 Å². The fraction of sp³-hybridized carbons (Fsp3) is 0.571. The monoisotopic (exact) mass is 331 g/mol. The highest BCUT2D eigenvalue weighted by Gasteiger charge is 2.09. The van der Waals surface area contributed by atoms with Gasteiger partial charge in [0.1, 0.15) is 5.75 Å². The molecule has 1 rings (SSSR count). The minimum Gasteiger partial charge on any atom is -0.496 e. The standard InChI is InChI=1S/C14H22BrNOS/c1-10(9-18-4)8-16-11(2)12-5-6-14(17-3)13(15)7-12/h5-7,10-11,16H,8-9H2,1-4H3. The molecule has 0 aliphatic carbocycles. The molecular weight excluding hydrogens is 310 g/mol. The number of thioether (sulfide) groups is 1. The van der Waals surface area contributed by atoms with E-state index in [1.807, 2.05) is 17.8 Å². The largest absolute Gasteiger partial charge is 0.496 e. The van der Waals surface area contributed by atoms with Crippen LogP contribution in [0.25, 0.3) is 0 Å². The molecule has 2 atom stereocenters. The summed E-state index contributed by atoms with van der Waals surface area (Å²) in [5, 5.41) is 3.57. The lowest BCUT2D eigenvalue weighted by atomic mass is 10.1. The molecule has 0 saturated heterocycles. The summed E-state index contributed by atoms with van der Waals surface area (Å²) < 4.78 is 6.25. The van der Waals surface area contributed by atoms with E-state index >= 15 is 0 Å². The van der Waals surface area contributed by atoms with Gasteiger partial charge in [-0.2, -0.15) is 11.8 Å². The summed E-state index contributed by atoms with van der Waals surface area (Å²) in [6.07, 6.45) is 2.15. The summed E-state index contributed by atoms with van der Waals surface area (Å²) in [6, 6.07) is 6.59. The number of hydrogen-bond acceptors (Lipinski definition) is 3. The average Bonchev–Trinajstić information content (AvgIpc) is 2.36. The number of hydrogen-bond donors (Lipinski definition) is 1. The molecule has 0 aliphatic rings. The Morgan fingerprint density at radius 1 is 1.39 bits per heavy atom. The number of rotatable bonds is 7. The van der Waals surface area contributed by atoms with E-state index in [-0.39, 0.29) is 0 Å². The molecule has 2 nitrogen and oxygen atoms in total. The molecule has 4 heteroatoms. The predicted octanol–water partition coefficient (Wildman–Crippen LogP) is 4.11. The van der Waals surface area contributed by atoms with Gasteiger partial charge in [0.05, 0.1) is 11.6 Å². The molecule has 0 bridgehead atoms. The fourth-order valence-corrected chi connectivity index (χ4v) is 3.04. The maximum Gasteiger partial charge on any atom is 0.133 e. The normalized spacial score (nSPS) is 14.3. The van der Waals surface area contributed by atoms with Gasteiger partial charge in [-0.1, -0.05) is 13.0 Å². The van der Waals surface area contributed by atoms with Gasteiger partial charge in [-0.3, -0.25) is 0 Å². The summed E-state index contributed by atoms with van der Waals surface area (Å²) in [6.45, 7) is 5.52. The van der Waals surface area contributed by atoms with Crippen LogP contribution in [0.15, 0.2) is 22.7 Å². The van der Waals surface area contributed by atoms with Gasteiger partial charge in [0.25, 0.3) is 0 Å². The first-order valence-electron chi connectivity index (χ1n) is 6.14. The van der Waals surface area contributed by atoms with Crippen molar-refractivity contribution in [1.29, 1.82) is 0 Å². The molecule has 102 valence electrons. The number of benzene rings is 1. The highest BCUT2D eigenvalue weighted by molar-refractivity contribution is 9.10. The second-order valence-corrected chi connectivity index (χ2v) is 6.35. The van der Waals surface area contributed by atoms with Gasteiger partial charge >= 0.3 is 0 Å². The van der Waals surface area contributed by atoms with E-state index in [0.717, 1.165) is 16.8 Å². The average molecular weight is 332 g/mol. The lowest BCUT2D eigenvalue weighted by Crippen LogP contribution is -2.25. The zero-order valence-electron chi connectivity index (χ0n) is 11.5. The van der Waals surface area contributed by atoms with Crippen molar-refractivity contribution in [1.82, 2.24) is 5.32 Å². The van der Waals surface area contributed by atoms with Crippen molar-refractivity contribution < 1.29 is 4.74 Å². The second kappa shape index (κ2) is 8.08. The van der Waals surface area contributed by atoms with Crippen molar-refractivity contribution in [2.45, 2.75) is 19.9 Å². The van der Waals surface area contributed by atoms with Gasteiger partial charge in [-0.05, 0) is 65.0 Å². The first kappa shape index (κ1) is 15.9. The van der Waals surface area contributed by atoms with Crippen LogP contribution in [0.4, 0.5) is 0 Å². The van der Waals surface area contributed by atoms with Gasteiger partial charge in [-0.25, -0.2) is 0 Å². The van der Waals surface area contributed by atoms with Crippen LogP contribution in [0.2, 0.25) is 0 Å². The maximum absolute atomic E-state index is 5.24. The maximum atomic E-state index is 5.24. The molecule has 2 unspecified atom stereocenters. The van der Waals surface area contributed by atoms with Crippen molar-refractivity contribution >= 4 is 27.7 Å². The Kier molecular flexibility index (Phi) is 7.12. The summed E-state index contributed by atoms with van der Waals surface area (Å²) in [7, 11) is 1.69. The minimum atomic E-state index is 0.358. The molecule has 0 amide bonds. The SMILES string of the molecule is COc1ccc(C(C)NCC(C)CSC)cc1Br. The quantitative estimate of drug-likeness (QED) is 0.812. The third-order valence-electron chi connectivity index (χ3n) is 2.90. The van der Waals surface area contributed by atoms with Crippen molar-refractivity contribution in [2.75, 3.05) is 25.7 Å². The first-order chi connectivity index (χ1) is 8.58. The Bertz CT molecular complexity index is 373. The molecule has 1 aromatic carbocycles. The fourth-order valence-electron chi connectivity index (χ4n) is 1.79. The van der Waals surface area contributed by atoms with Crippen LogP contribution in [0.5, 0.6) is 5.75 Å². The van der Waals surface area contributed by atoms with Crippen LogP contribution in [-0.2, 0) is 0 Å². The van der Waals surface area contributed by atoms with Gasteiger partial charge < -0.3 is 10.1 Å². The zero-order valence-corrected chi connectivity index (χ0v) is 13.9. The van der Waals surface area contributed by atoms with Crippen molar-refractivity contribution in [3.8, 4) is 5.75 Å². The van der Waals surface area contributed by atoms with Gasteiger partial charge in [0, 0.05) is 6.04 Å². The Balaban J connectivity index is 2.56. The third-order valence-corrected chi connectivity index (χ3v) is 4.42. The number of ether oxygens (including phenoxy) is 1. The molecule has 0 heterocycles. The van der Waals surface area contributed by atoms with Gasteiger partial charge in [0.2, 0.25) is 0 Å². The minimum absolute atomic E-state index is 0.358. The Morgan fingerprint density at radius 2 is 2.11 bits per heavy atom. The van der Waals surface area contributed by atoms with Gasteiger partial charge in [0.15, 0.2) is 0 Å². The van der Waals surface area contributed by atoms with Crippen molar-refractivity contribution in [2.24, 2.45) is 5.92 Å². The van der Waals surface area contributed by atoms with Crippen LogP contribution in [0.1, 0.15) is 25.5 Å². The summed E-state index contributed by atoms with van der Waals surface area (Å²) in [4.78, 5) is 0. The van der Waals surface area contributed by atoms with E-state index in [1.54, 1.807) is 7.11 Å². The molecule has 0 spiro atoms. The predicted molar refractivity (Wildman–Crippen MR) is 84.7 cm³/mol. The van der Waals surface area contributed by atoms with Crippen LogP contribution in [-0.4, -0.2) is 25.7 Å². The van der Waals surface area contributed by atoms with Crippen molar-refractivity contribution in [3.05, 3.63) is 28.2 Å². The molecule has 0 fully saturated rings. The van der Waals surface area contributed by atoms with E-state index < -0.39 is 0 Å². The molecule has 18 heavy (non-hydrogen) atoms. The summed E-state index contributed by atoms with van der Waals surface area (Å²) in [5.74, 6) is 2.78. The molecule has 0 radical (unpaired) electrons. The molecule has 1 aromatic rings. The highest BCUT2D eigenvalue weighted by atomic mass is 79.9. The van der Waals surface area contributed by atoms with Crippen molar-refractivity contribution in [3.63, 3.8) is 0 Å². The van der Waals surface area contributed by atoms with E-state index in [1.165, 1.54) is 11.3 Å². The number of methoxy groups -OCH3 is 1. The van der Waals surface area contributed by atoms with Crippen LogP contribution in [0.3, 0.4) is 0 Å². The van der Waals surface area contributed by atoms with E-state index in [0.29, 0.717) is 12.0 Å². The Hall–Kier alpha value is -0.190. The second-order valence-electron chi connectivity index (χ2n) is 4.58. The lowest BCUT2D eigenvalue weighted by Gasteiger charge is -2.18. The molecule has 1 N–H and O–H groups in total. The zero-order chi connectivity index (χ0) is 13.5. The Morgan fingerprint density at radius 3 is 2.67 bits per heavy atom. The smallest absolute Gasteiger partial charge is 0.133 e. The Labute approximate surface area is 123 Å². The molecular formula is C14H22BrNOS. The first-order valence-corrected chi connectivity index (χ1v) is 8.33. The molecule has 0 saturated carbocycles. The van der Waals surface area contributed by atoms with Gasteiger partial charge in [-0.15, -0.1) is 0 Å².